The lowest BCUT2D eigenvalue weighted by Crippen LogP contribution is -2.46. The van der Waals surface area contributed by atoms with Gasteiger partial charge in [-0.15, -0.1) is 0 Å². The van der Waals surface area contributed by atoms with E-state index in [1.807, 2.05) is 13.0 Å². The van der Waals surface area contributed by atoms with Gasteiger partial charge < -0.3 is 10.0 Å². The molecule has 2 unspecified atom stereocenters. The van der Waals surface area contributed by atoms with Gasteiger partial charge in [-0.3, -0.25) is 9.78 Å². The number of likely N-dealkylation sites (tertiary alicyclic amines) is 1. The molecule has 17 heavy (non-hydrogen) atoms. The maximum atomic E-state index is 12.1. The van der Waals surface area contributed by atoms with Crippen LogP contribution in [0.4, 0.5) is 0 Å². The van der Waals surface area contributed by atoms with E-state index in [2.05, 4.69) is 4.98 Å². The van der Waals surface area contributed by atoms with E-state index in [0.29, 0.717) is 25.2 Å². The minimum absolute atomic E-state index is 0.0315. The number of pyridine rings is 1. The molecular formula is C13H18N2O2. The van der Waals surface area contributed by atoms with Crippen molar-refractivity contribution in [2.75, 3.05) is 13.1 Å². The van der Waals surface area contributed by atoms with Crippen LogP contribution in [-0.2, 0) is 0 Å². The van der Waals surface area contributed by atoms with Gasteiger partial charge in [-0.2, -0.15) is 0 Å². The van der Waals surface area contributed by atoms with Crippen LogP contribution in [0, 0.1) is 5.92 Å². The third-order valence-corrected chi connectivity index (χ3v) is 3.39. The second-order valence-corrected chi connectivity index (χ2v) is 4.49. The third kappa shape index (κ3) is 2.64. The van der Waals surface area contributed by atoms with Crippen molar-refractivity contribution in [1.82, 2.24) is 9.88 Å². The lowest BCUT2D eigenvalue weighted by molar-refractivity contribution is 0.0226. The van der Waals surface area contributed by atoms with Gasteiger partial charge in [0.15, 0.2) is 0 Å². The van der Waals surface area contributed by atoms with Crippen LogP contribution in [0.5, 0.6) is 0 Å². The fourth-order valence-electron chi connectivity index (χ4n) is 2.26. The molecule has 1 N–H and O–H groups in total. The SMILES string of the molecule is CCC1CN(C(=O)c2ccccn2)CCC1O. The molecule has 2 rings (SSSR count). The molecule has 0 bridgehead atoms. The third-order valence-electron chi connectivity index (χ3n) is 3.39. The molecule has 1 aromatic heterocycles. The van der Waals surface area contributed by atoms with E-state index >= 15 is 0 Å². The smallest absolute Gasteiger partial charge is 0.272 e. The number of rotatable bonds is 2. The minimum Gasteiger partial charge on any atom is -0.393 e. The summed E-state index contributed by atoms with van der Waals surface area (Å²) in [6, 6.07) is 5.34. The maximum Gasteiger partial charge on any atom is 0.272 e. The monoisotopic (exact) mass is 234 g/mol. The molecule has 0 aliphatic carbocycles. The van der Waals surface area contributed by atoms with Crippen molar-refractivity contribution >= 4 is 5.91 Å². The summed E-state index contributed by atoms with van der Waals surface area (Å²) in [5.74, 6) is 0.160. The summed E-state index contributed by atoms with van der Waals surface area (Å²) in [5, 5.41) is 9.79. The van der Waals surface area contributed by atoms with Gasteiger partial charge in [-0.05, 0) is 25.0 Å². The molecule has 4 heteroatoms. The Morgan fingerprint density at radius 2 is 2.41 bits per heavy atom. The number of carbonyl (C=O) groups is 1. The molecule has 2 atom stereocenters. The van der Waals surface area contributed by atoms with Gasteiger partial charge in [0.25, 0.3) is 5.91 Å². The van der Waals surface area contributed by atoms with E-state index < -0.39 is 0 Å². The zero-order chi connectivity index (χ0) is 12.3. The molecule has 1 aliphatic heterocycles. The fourth-order valence-corrected chi connectivity index (χ4v) is 2.26. The van der Waals surface area contributed by atoms with Crippen LogP contribution >= 0.6 is 0 Å². The molecular weight excluding hydrogens is 216 g/mol. The van der Waals surface area contributed by atoms with Crippen molar-refractivity contribution in [1.29, 1.82) is 0 Å². The number of aromatic nitrogens is 1. The predicted octanol–water partition coefficient (Wildman–Crippen LogP) is 1.31. The number of aliphatic hydroxyl groups excluding tert-OH is 1. The molecule has 1 saturated heterocycles. The van der Waals surface area contributed by atoms with Crippen molar-refractivity contribution < 1.29 is 9.90 Å². The summed E-state index contributed by atoms with van der Waals surface area (Å²) >= 11 is 0. The van der Waals surface area contributed by atoms with Gasteiger partial charge >= 0.3 is 0 Å². The Balaban J connectivity index is 2.06. The number of aliphatic hydroxyl groups is 1. The lowest BCUT2D eigenvalue weighted by atomic mass is 9.92. The summed E-state index contributed by atoms with van der Waals surface area (Å²) in [6.45, 7) is 3.29. The Hall–Kier alpha value is -1.42. The highest BCUT2D eigenvalue weighted by molar-refractivity contribution is 5.92. The highest BCUT2D eigenvalue weighted by atomic mass is 16.3. The number of hydrogen-bond acceptors (Lipinski definition) is 3. The van der Waals surface area contributed by atoms with Gasteiger partial charge in [0, 0.05) is 25.2 Å². The topological polar surface area (TPSA) is 53.4 Å². The van der Waals surface area contributed by atoms with Crippen LogP contribution in [0.15, 0.2) is 24.4 Å². The number of amides is 1. The van der Waals surface area contributed by atoms with Crippen molar-refractivity contribution in [3.05, 3.63) is 30.1 Å². The van der Waals surface area contributed by atoms with E-state index in [0.717, 1.165) is 6.42 Å². The van der Waals surface area contributed by atoms with E-state index in [1.165, 1.54) is 0 Å². The van der Waals surface area contributed by atoms with E-state index in [1.54, 1.807) is 23.2 Å². The number of piperidine rings is 1. The lowest BCUT2D eigenvalue weighted by Gasteiger charge is -2.35. The van der Waals surface area contributed by atoms with Gasteiger partial charge in [0.1, 0.15) is 5.69 Å². The second kappa shape index (κ2) is 5.27. The van der Waals surface area contributed by atoms with Crippen molar-refractivity contribution in [3.63, 3.8) is 0 Å². The van der Waals surface area contributed by atoms with Gasteiger partial charge in [0.05, 0.1) is 6.10 Å². The Morgan fingerprint density at radius 1 is 1.59 bits per heavy atom. The summed E-state index contributed by atoms with van der Waals surface area (Å²) in [5.41, 5.74) is 0.485. The maximum absolute atomic E-state index is 12.1. The molecule has 1 amide bonds. The molecule has 1 aromatic rings. The van der Waals surface area contributed by atoms with Gasteiger partial charge in [-0.1, -0.05) is 13.0 Å². The first kappa shape index (κ1) is 12.0. The first-order valence-electron chi connectivity index (χ1n) is 6.10. The molecule has 0 aromatic carbocycles. The fraction of sp³-hybridized carbons (Fsp3) is 0.538. The Labute approximate surface area is 101 Å². The van der Waals surface area contributed by atoms with Crippen LogP contribution < -0.4 is 0 Å². The molecule has 2 heterocycles. The molecule has 1 aliphatic rings. The number of nitrogens with zero attached hydrogens (tertiary/aromatic N) is 2. The molecule has 92 valence electrons. The Bertz CT molecular complexity index is 380. The average Bonchev–Trinajstić information content (AvgIpc) is 2.39. The predicted molar refractivity (Wildman–Crippen MR) is 64.5 cm³/mol. The summed E-state index contributed by atoms with van der Waals surface area (Å²) in [7, 11) is 0. The second-order valence-electron chi connectivity index (χ2n) is 4.49. The molecule has 0 saturated carbocycles. The summed E-state index contributed by atoms with van der Waals surface area (Å²) < 4.78 is 0. The van der Waals surface area contributed by atoms with E-state index in [9.17, 15) is 9.90 Å². The first-order valence-corrected chi connectivity index (χ1v) is 6.10. The van der Waals surface area contributed by atoms with Crippen LogP contribution in [0.25, 0.3) is 0 Å². The highest BCUT2D eigenvalue weighted by Crippen LogP contribution is 2.21. The zero-order valence-corrected chi connectivity index (χ0v) is 10.0. The molecule has 0 radical (unpaired) electrons. The van der Waals surface area contributed by atoms with Crippen LogP contribution in [-0.4, -0.2) is 40.1 Å². The number of carbonyl (C=O) groups excluding carboxylic acids is 1. The average molecular weight is 234 g/mol. The van der Waals surface area contributed by atoms with Crippen LogP contribution in [0.2, 0.25) is 0 Å². The minimum atomic E-state index is -0.271. The molecule has 1 fully saturated rings. The summed E-state index contributed by atoms with van der Waals surface area (Å²) in [4.78, 5) is 18.0. The van der Waals surface area contributed by atoms with Gasteiger partial charge in [0.2, 0.25) is 0 Å². The zero-order valence-electron chi connectivity index (χ0n) is 10.0. The van der Waals surface area contributed by atoms with E-state index in [4.69, 9.17) is 0 Å². The van der Waals surface area contributed by atoms with Crippen LogP contribution in [0.1, 0.15) is 30.3 Å². The Morgan fingerprint density at radius 3 is 3.06 bits per heavy atom. The van der Waals surface area contributed by atoms with Crippen LogP contribution in [0.3, 0.4) is 0 Å². The van der Waals surface area contributed by atoms with E-state index in [-0.39, 0.29) is 17.9 Å². The van der Waals surface area contributed by atoms with Crippen molar-refractivity contribution in [2.45, 2.75) is 25.9 Å². The molecule has 4 nitrogen and oxygen atoms in total. The quantitative estimate of drug-likeness (QED) is 0.839. The van der Waals surface area contributed by atoms with Gasteiger partial charge in [-0.25, -0.2) is 0 Å². The standard InChI is InChI=1S/C13H18N2O2/c1-2-10-9-15(8-6-12(10)16)13(17)11-5-3-4-7-14-11/h3-5,7,10,12,16H,2,6,8-9H2,1H3. The summed E-state index contributed by atoms with van der Waals surface area (Å²) in [6.07, 6.45) is 2.92. The van der Waals surface area contributed by atoms with Crippen molar-refractivity contribution in [2.24, 2.45) is 5.92 Å². The normalized spacial score (nSPS) is 24.7. The molecule has 0 spiro atoms. The highest BCUT2D eigenvalue weighted by Gasteiger charge is 2.29. The Kier molecular flexibility index (Phi) is 3.74. The van der Waals surface area contributed by atoms with Crippen molar-refractivity contribution in [3.8, 4) is 0 Å². The first-order chi connectivity index (χ1) is 8.22. The number of hydrogen-bond donors (Lipinski definition) is 1. The largest absolute Gasteiger partial charge is 0.393 e.